The van der Waals surface area contributed by atoms with Gasteiger partial charge in [-0.3, -0.25) is 0 Å². The quantitative estimate of drug-likeness (QED) is 0.268. The second kappa shape index (κ2) is 7.30. The van der Waals surface area contributed by atoms with E-state index in [-0.39, 0.29) is 12.1 Å². The van der Waals surface area contributed by atoms with Crippen molar-refractivity contribution in [2.75, 3.05) is 11.5 Å². The summed E-state index contributed by atoms with van der Waals surface area (Å²) in [6.45, 7) is 0. The van der Waals surface area contributed by atoms with E-state index in [4.69, 9.17) is 0 Å². The van der Waals surface area contributed by atoms with Gasteiger partial charge in [-0.1, -0.05) is 0 Å². The lowest BCUT2D eigenvalue weighted by Gasteiger charge is -2.25. The SMILES string of the molecule is O[Si](O)(CCCS)O[Si](O)(O)CCCS. The van der Waals surface area contributed by atoms with Gasteiger partial charge in [0.1, 0.15) is 0 Å². The summed E-state index contributed by atoms with van der Waals surface area (Å²) in [5, 5.41) is 0. The standard InChI is InChI=1S/C6H18O5S2Si2/c7-14(8,5-1-3-12)11-15(9,10)6-2-4-13/h7-10,12-13H,1-6H2. The van der Waals surface area contributed by atoms with Gasteiger partial charge >= 0.3 is 17.6 Å². The lowest BCUT2D eigenvalue weighted by atomic mass is 10.6. The Morgan fingerprint density at radius 1 is 0.800 bits per heavy atom. The lowest BCUT2D eigenvalue weighted by Crippen LogP contribution is -2.52. The molecule has 92 valence electrons. The first-order valence-corrected chi connectivity index (χ1v) is 9.93. The Morgan fingerprint density at radius 2 is 1.13 bits per heavy atom. The molecular formula is C6H18O5S2Si2. The average molecular weight is 291 g/mol. The van der Waals surface area contributed by atoms with Crippen molar-refractivity contribution in [3.63, 3.8) is 0 Å². The highest BCUT2D eigenvalue weighted by molar-refractivity contribution is 7.80. The Bertz CT molecular complexity index is 163. The monoisotopic (exact) mass is 290 g/mol. The summed E-state index contributed by atoms with van der Waals surface area (Å²) in [7, 11) is -7.84. The van der Waals surface area contributed by atoms with E-state index in [2.05, 4.69) is 29.4 Å². The van der Waals surface area contributed by atoms with E-state index in [9.17, 15) is 19.2 Å². The second-order valence-corrected chi connectivity index (χ2v) is 8.93. The van der Waals surface area contributed by atoms with Crippen molar-refractivity contribution in [3.05, 3.63) is 0 Å². The summed E-state index contributed by atoms with van der Waals surface area (Å²) in [5.74, 6) is 1.00. The van der Waals surface area contributed by atoms with Crippen LogP contribution >= 0.6 is 25.3 Å². The molecule has 0 aromatic heterocycles. The first-order valence-electron chi connectivity index (χ1n) is 4.64. The molecule has 0 fully saturated rings. The van der Waals surface area contributed by atoms with E-state index >= 15 is 0 Å². The van der Waals surface area contributed by atoms with Gasteiger partial charge in [0, 0.05) is 12.1 Å². The van der Waals surface area contributed by atoms with Crippen LogP contribution in [0.25, 0.3) is 0 Å². The zero-order valence-corrected chi connectivity index (χ0v) is 12.1. The first kappa shape index (κ1) is 15.9. The van der Waals surface area contributed by atoms with E-state index in [0.717, 1.165) is 0 Å². The molecule has 0 amide bonds. The molecule has 5 nitrogen and oxygen atoms in total. The van der Waals surface area contributed by atoms with Gasteiger partial charge in [0.05, 0.1) is 0 Å². The fourth-order valence-corrected chi connectivity index (χ4v) is 6.08. The van der Waals surface area contributed by atoms with Crippen molar-refractivity contribution in [1.82, 2.24) is 0 Å². The van der Waals surface area contributed by atoms with E-state index in [1.165, 1.54) is 0 Å². The van der Waals surface area contributed by atoms with Crippen LogP contribution in [0.5, 0.6) is 0 Å². The fraction of sp³-hybridized carbons (Fsp3) is 1.00. The summed E-state index contributed by atoms with van der Waals surface area (Å²) in [5.41, 5.74) is 0. The molecule has 0 aromatic carbocycles. The average Bonchev–Trinajstić information content (AvgIpc) is 2.10. The fourth-order valence-electron chi connectivity index (χ4n) is 0.983. The van der Waals surface area contributed by atoms with E-state index in [1.54, 1.807) is 0 Å². The Labute approximate surface area is 103 Å². The lowest BCUT2D eigenvalue weighted by molar-refractivity contribution is 0.154. The minimum Gasteiger partial charge on any atom is -0.390 e. The third kappa shape index (κ3) is 8.71. The van der Waals surface area contributed by atoms with Crippen LogP contribution in [0.4, 0.5) is 0 Å². The van der Waals surface area contributed by atoms with E-state index < -0.39 is 17.6 Å². The van der Waals surface area contributed by atoms with Crippen molar-refractivity contribution >= 4 is 42.9 Å². The molecule has 0 atom stereocenters. The van der Waals surface area contributed by atoms with Crippen molar-refractivity contribution < 1.29 is 23.3 Å². The molecule has 0 saturated heterocycles. The zero-order valence-electron chi connectivity index (χ0n) is 8.33. The van der Waals surface area contributed by atoms with Crippen molar-refractivity contribution in [1.29, 1.82) is 0 Å². The molecular weight excluding hydrogens is 272 g/mol. The van der Waals surface area contributed by atoms with Gasteiger partial charge in [0.2, 0.25) is 0 Å². The molecule has 0 rings (SSSR count). The summed E-state index contributed by atoms with van der Waals surface area (Å²) in [6.07, 6.45) is 0.943. The summed E-state index contributed by atoms with van der Waals surface area (Å²) in [6, 6.07) is 0.0699. The highest BCUT2D eigenvalue weighted by atomic mass is 32.1. The van der Waals surface area contributed by atoms with Gasteiger partial charge in [-0.05, 0) is 24.3 Å². The van der Waals surface area contributed by atoms with E-state index in [1.807, 2.05) is 0 Å². The summed E-state index contributed by atoms with van der Waals surface area (Å²) >= 11 is 7.84. The summed E-state index contributed by atoms with van der Waals surface area (Å²) in [4.78, 5) is 37.7. The molecule has 0 radical (unpaired) electrons. The molecule has 0 heterocycles. The number of hydrogen-bond donors (Lipinski definition) is 6. The van der Waals surface area contributed by atoms with Crippen molar-refractivity contribution in [2.24, 2.45) is 0 Å². The molecule has 4 N–H and O–H groups in total. The Balaban J connectivity index is 4.04. The highest BCUT2D eigenvalue weighted by Crippen LogP contribution is 2.16. The summed E-state index contributed by atoms with van der Waals surface area (Å²) < 4.78 is 4.66. The predicted molar refractivity (Wildman–Crippen MR) is 68.0 cm³/mol. The van der Waals surface area contributed by atoms with Crippen LogP contribution in [-0.4, -0.2) is 48.3 Å². The zero-order chi connectivity index (χ0) is 11.9. The van der Waals surface area contributed by atoms with Gasteiger partial charge < -0.3 is 23.3 Å². The van der Waals surface area contributed by atoms with Gasteiger partial charge in [0.25, 0.3) is 0 Å². The minimum atomic E-state index is -3.92. The number of rotatable bonds is 8. The second-order valence-electron chi connectivity index (χ2n) is 3.24. The molecule has 0 aliphatic rings. The number of hydrogen-bond acceptors (Lipinski definition) is 7. The van der Waals surface area contributed by atoms with Crippen LogP contribution in [-0.2, 0) is 4.12 Å². The highest BCUT2D eigenvalue weighted by Gasteiger charge is 2.44. The molecule has 9 heteroatoms. The van der Waals surface area contributed by atoms with Crippen molar-refractivity contribution in [3.8, 4) is 0 Å². The maximum atomic E-state index is 9.41. The molecule has 0 aromatic rings. The maximum Gasteiger partial charge on any atom is 0.488 e. The van der Waals surface area contributed by atoms with Crippen LogP contribution < -0.4 is 0 Å². The third-order valence-corrected chi connectivity index (χ3v) is 6.91. The smallest absolute Gasteiger partial charge is 0.390 e. The normalized spacial score (nSPS) is 13.2. The van der Waals surface area contributed by atoms with E-state index in [0.29, 0.717) is 24.3 Å². The maximum absolute atomic E-state index is 9.41. The predicted octanol–water partition coefficient (Wildman–Crippen LogP) is -0.510. The Morgan fingerprint density at radius 3 is 1.40 bits per heavy atom. The van der Waals surface area contributed by atoms with Gasteiger partial charge in [-0.15, -0.1) is 0 Å². The third-order valence-electron chi connectivity index (χ3n) is 1.65. The molecule has 0 unspecified atom stereocenters. The Kier molecular flexibility index (Phi) is 7.75. The van der Waals surface area contributed by atoms with Gasteiger partial charge in [-0.2, -0.15) is 25.3 Å². The molecule has 0 aliphatic carbocycles. The van der Waals surface area contributed by atoms with Crippen LogP contribution in [0.1, 0.15) is 12.8 Å². The Hall–Kier alpha value is 0.934. The number of thiol groups is 2. The molecule has 0 aliphatic heterocycles. The molecule has 15 heavy (non-hydrogen) atoms. The van der Waals surface area contributed by atoms with Gasteiger partial charge in [-0.25, -0.2) is 0 Å². The van der Waals surface area contributed by atoms with Crippen molar-refractivity contribution in [2.45, 2.75) is 24.9 Å². The molecule has 0 bridgehead atoms. The van der Waals surface area contributed by atoms with Crippen LogP contribution in [0.15, 0.2) is 0 Å². The molecule has 0 spiro atoms. The largest absolute Gasteiger partial charge is 0.488 e. The first-order chi connectivity index (χ1) is 6.83. The topological polar surface area (TPSA) is 90.2 Å². The molecule has 0 saturated carbocycles. The van der Waals surface area contributed by atoms with Crippen LogP contribution in [0.3, 0.4) is 0 Å². The van der Waals surface area contributed by atoms with Gasteiger partial charge in [0.15, 0.2) is 0 Å². The van der Waals surface area contributed by atoms with Crippen LogP contribution in [0.2, 0.25) is 12.1 Å². The minimum absolute atomic E-state index is 0.0350. The van der Waals surface area contributed by atoms with Crippen LogP contribution in [0, 0.1) is 0 Å².